The van der Waals surface area contributed by atoms with Crippen molar-refractivity contribution in [1.29, 1.82) is 0 Å². The van der Waals surface area contributed by atoms with Crippen molar-refractivity contribution in [3.05, 3.63) is 23.9 Å². The largest absolute Gasteiger partial charge is 0.481 e. The molecule has 2 aromatic heterocycles. The molecule has 0 aliphatic carbocycles. The second-order valence-electron chi connectivity index (χ2n) is 3.17. The second kappa shape index (κ2) is 3.31. The Balaban J connectivity index is 2.68. The molecule has 0 saturated carbocycles. The lowest BCUT2D eigenvalue weighted by atomic mass is 10.3. The van der Waals surface area contributed by atoms with Crippen molar-refractivity contribution in [2.45, 2.75) is 6.54 Å². The highest BCUT2D eigenvalue weighted by molar-refractivity contribution is 5.78. The van der Waals surface area contributed by atoms with E-state index in [1.165, 1.54) is 0 Å². The van der Waals surface area contributed by atoms with Crippen molar-refractivity contribution in [3.8, 4) is 5.88 Å². The van der Waals surface area contributed by atoms with E-state index in [4.69, 9.17) is 10.5 Å². The number of aryl methyl sites for hydroxylation is 1. The number of ether oxygens (including phenoxy) is 1. The van der Waals surface area contributed by atoms with Gasteiger partial charge in [-0.05, 0) is 12.1 Å². The third-order valence-corrected chi connectivity index (χ3v) is 2.37. The molecule has 0 bridgehead atoms. The maximum absolute atomic E-state index is 5.61. The van der Waals surface area contributed by atoms with Gasteiger partial charge in [-0.3, -0.25) is 0 Å². The molecule has 2 heterocycles. The highest BCUT2D eigenvalue weighted by atomic mass is 16.5. The first kappa shape index (κ1) is 9.02. The lowest BCUT2D eigenvalue weighted by Crippen LogP contribution is -2.03. The molecule has 0 saturated heterocycles. The minimum absolute atomic E-state index is 0.523. The van der Waals surface area contributed by atoms with Gasteiger partial charge in [0.05, 0.1) is 7.11 Å². The molecule has 0 spiro atoms. The van der Waals surface area contributed by atoms with Gasteiger partial charge < -0.3 is 15.0 Å². The van der Waals surface area contributed by atoms with Crippen LogP contribution in [-0.2, 0) is 13.6 Å². The van der Waals surface area contributed by atoms with E-state index in [0.29, 0.717) is 12.4 Å². The predicted octanol–water partition coefficient (Wildman–Crippen LogP) is 1.04. The smallest absolute Gasteiger partial charge is 0.214 e. The molecular formula is C10H13N3O. The topological polar surface area (TPSA) is 53.1 Å². The van der Waals surface area contributed by atoms with E-state index in [0.717, 1.165) is 16.7 Å². The van der Waals surface area contributed by atoms with Gasteiger partial charge in [0.15, 0.2) is 0 Å². The predicted molar refractivity (Wildman–Crippen MR) is 55.2 cm³/mol. The summed E-state index contributed by atoms with van der Waals surface area (Å²) in [6, 6.07) is 5.88. The molecule has 0 atom stereocenters. The molecule has 14 heavy (non-hydrogen) atoms. The quantitative estimate of drug-likeness (QED) is 0.771. The summed E-state index contributed by atoms with van der Waals surface area (Å²) in [7, 11) is 3.57. The highest BCUT2D eigenvalue weighted by Gasteiger charge is 2.06. The van der Waals surface area contributed by atoms with Gasteiger partial charge in [-0.25, -0.2) is 0 Å². The Morgan fingerprint density at radius 3 is 2.93 bits per heavy atom. The Hall–Kier alpha value is -1.55. The molecule has 2 N–H and O–H groups in total. The summed E-state index contributed by atoms with van der Waals surface area (Å²) < 4.78 is 7.05. The minimum Gasteiger partial charge on any atom is -0.481 e. The van der Waals surface area contributed by atoms with Crippen LogP contribution in [-0.4, -0.2) is 16.7 Å². The maximum atomic E-state index is 5.61. The average molecular weight is 191 g/mol. The standard InChI is InChI=1S/C10H13N3O/c1-13-8(6-11)5-7-3-4-9(14-2)12-10(7)13/h3-5H,6,11H2,1-2H3. The lowest BCUT2D eigenvalue weighted by molar-refractivity contribution is 0.399. The number of pyridine rings is 1. The first-order valence-corrected chi connectivity index (χ1v) is 4.45. The molecule has 0 aliphatic heterocycles. The van der Waals surface area contributed by atoms with Crippen molar-refractivity contribution < 1.29 is 4.74 Å². The first-order valence-electron chi connectivity index (χ1n) is 4.45. The number of fused-ring (bicyclic) bond motifs is 1. The van der Waals surface area contributed by atoms with E-state index < -0.39 is 0 Å². The number of nitrogens with zero attached hydrogens (tertiary/aromatic N) is 2. The van der Waals surface area contributed by atoms with Crippen LogP contribution in [0.15, 0.2) is 18.2 Å². The first-order chi connectivity index (χ1) is 6.76. The summed E-state index contributed by atoms with van der Waals surface area (Å²) >= 11 is 0. The number of hydrogen-bond acceptors (Lipinski definition) is 3. The van der Waals surface area contributed by atoms with E-state index in [2.05, 4.69) is 4.98 Å². The van der Waals surface area contributed by atoms with Gasteiger partial charge in [0.2, 0.25) is 5.88 Å². The van der Waals surface area contributed by atoms with Gasteiger partial charge in [-0.2, -0.15) is 4.98 Å². The summed E-state index contributed by atoms with van der Waals surface area (Å²) in [6.45, 7) is 0.523. The highest BCUT2D eigenvalue weighted by Crippen LogP contribution is 2.19. The van der Waals surface area contributed by atoms with Crippen LogP contribution in [0.1, 0.15) is 5.69 Å². The van der Waals surface area contributed by atoms with Gasteiger partial charge >= 0.3 is 0 Å². The van der Waals surface area contributed by atoms with E-state index in [9.17, 15) is 0 Å². The zero-order valence-corrected chi connectivity index (χ0v) is 8.32. The molecular weight excluding hydrogens is 178 g/mol. The normalized spacial score (nSPS) is 10.8. The van der Waals surface area contributed by atoms with Crippen LogP contribution < -0.4 is 10.5 Å². The summed E-state index contributed by atoms with van der Waals surface area (Å²) in [5.41, 5.74) is 7.58. The summed E-state index contributed by atoms with van der Waals surface area (Å²) in [5.74, 6) is 0.627. The van der Waals surface area contributed by atoms with Crippen LogP contribution in [0.25, 0.3) is 11.0 Å². The van der Waals surface area contributed by atoms with Crippen LogP contribution in [0.2, 0.25) is 0 Å². The van der Waals surface area contributed by atoms with Crippen LogP contribution in [0.4, 0.5) is 0 Å². The van der Waals surface area contributed by atoms with Crippen LogP contribution in [0, 0.1) is 0 Å². The van der Waals surface area contributed by atoms with Gasteiger partial charge in [0, 0.05) is 30.7 Å². The van der Waals surface area contributed by atoms with Gasteiger partial charge in [-0.1, -0.05) is 0 Å². The molecule has 0 amide bonds. The fourth-order valence-electron chi connectivity index (χ4n) is 1.54. The molecule has 0 unspecified atom stereocenters. The molecule has 4 nitrogen and oxygen atoms in total. The monoisotopic (exact) mass is 191 g/mol. The Morgan fingerprint density at radius 2 is 2.29 bits per heavy atom. The maximum Gasteiger partial charge on any atom is 0.214 e. The molecule has 2 aromatic rings. The van der Waals surface area contributed by atoms with Crippen molar-refractivity contribution in [2.24, 2.45) is 12.8 Å². The van der Waals surface area contributed by atoms with Gasteiger partial charge in [0.1, 0.15) is 5.65 Å². The Bertz CT molecular complexity index is 462. The lowest BCUT2D eigenvalue weighted by Gasteiger charge is -2.01. The molecule has 4 heteroatoms. The van der Waals surface area contributed by atoms with E-state index in [-0.39, 0.29) is 0 Å². The summed E-state index contributed by atoms with van der Waals surface area (Å²) in [4.78, 5) is 4.35. The zero-order chi connectivity index (χ0) is 10.1. The molecule has 0 radical (unpaired) electrons. The second-order valence-corrected chi connectivity index (χ2v) is 3.17. The number of methoxy groups -OCH3 is 1. The van der Waals surface area contributed by atoms with E-state index in [1.54, 1.807) is 7.11 Å². The van der Waals surface area contributed by atoms with E-state index >= 15 is 0 Å². The summed E-state index contributed by atoms with van der Waals surface area (Å²) in [5, 5.41) is 1.09. The van der Waals surface area contributed by atoms with Crippen molar-refractivity contribution in [3.63, 3.8) is 0 Å². The number of aromatic nitrogens is 2. The molecule has 2 rings (SSSR count). The van der Waals surface area contributed by atoms with E-state index in [1.807, 2.05) is 29.8 Å². The number of hydrogen-bond donors (Lipinski definition) is 1. The molecule has 0 fully saturated rings. The third-order valence-electron chi connectivity index (χ3n) is 2.37. The molecule has 74 valence electrons. The van der Waals surface area contributed by atoms with Crippen LogP contribution in [0.3, 0.4) is 0 Å². The average Bonchev–Trinajstić information content (AvgIpc) is 2.55. The van der Waals surface area contributed by atoms with Crippen LogP contribution in [0.5, 0.6) is 5.88 Å². The third kappa shape index (κ3) is 1.24. The Kier molecular flexibility index (Phi) is 2.13. The van der Waals surface area contributed by atoms with Crippen molar-refractivity contribution in [1.82, 2.24) is 9.55 Å². The summed E-state index contributed by atoms with van der Waals surface area (Å²) in [6.07, 6.45) is 0. The Morgan fingerprint density at radius 1 is 1.50 bits per heavy atom. The zero-order valence-electron chi connectivity index (χ0n) is 8.32. The van der Waals surface area contributed by atoms with Gasteiger partial charge in [0.25, 0.3) is 0 Å². The number of nitrogens with two attached hydrogens (primary N) is 1. The van der Waals surface area contributed by atoms with Gasteiger partial charge in [-0.15, -0.1) is 0 Å². The SMILES string of the molecule is COc1ccc2cc(CN)n(C)c2n1. The fourth-order valence-corrected chi connectivity index (χ4v) is 1.54. The van der Waals surface area contributed by atoms with Crippen LogP contribution >= 0.6 is 0 Å². The minimum atomic E-state index is 0.523. The fraction of sp³-hybridized carbons (Fsp3) is 0.300. The Labute approximate surface area is 82.3 Å². The molecule has 0 aromatic carbocycles. The van der Waals surface area contributed by atoms with Crippen molar-refractivity contribution in [2.75, 3.05) is 7.11 Å². The molecule has 0 aliphatic rings. The number of rotatable bonds is 2. The van der Waals surface area contributed by atoms with Crippen molar-refractivity contribution >= 4 is 11.0 Å².